The lowest BCUT2D eigenvalue weighted by atomic mass is 10.0. The summed E-state index contributed by atoms with van der Waals surface area (Å²) in [6.45, 7) is 3.24. The van der Waals surface area contributed by atoms with Crippen molar-refractivity contribution in [2.45, 2.75) is 45.1 Å². The monoisotopic (exact) mass is 273 g/mol. The maximum atomic E-state index is 12.3. The number of amides is 1. The third-order valence-electron chi connectivity index (χ3n) is 4.03. The minimum atomic E-state index is 0.344. The highest BCUT2D eigenvalue weighted by atomic mass is 79.9. The van der Waals surface area contributed by atoms with Crippen molar-refractivity contribution in [1.82, 2.24) is 4.90 Å². The fourth-order valence-electron chi connectivity index (χ4n) is 2.92. The second-order valence-corrected chi connectivity index (χ2v) is 5.65. The molecule has 2 atom stereocenters. The van der Waals surface area contributed by atoms with Crippen molar-refractivity contribution >= 4 is 21.8 Å². The molecule has 0 N–H and O–H groups in total. The average Bonchev–Trinajstić information content (AvgIpc) is 2.85. The van der Waals surface area contributed by atoms with Crippen LogP contribution in [0.5, 0.6) is 0 Å². The van der Waals surface area contributed by atoms with Gasteiger partial charge in [0, 0.05) is 23.8 Å². The molecule has 1 heterocycles. The van der Waals surface area contributed by atoms with E-state index < -0.39 is 0 Å². The van der Waals surface area contributed by atoms with Crippen LogP contribution in [0.2, 0.25) is 0 Å². The van der Waals surface area contributed by atoms with Gasteiger partial charge in [-0.1, -0.05) is 35.7 Å². The van der Waals surface area contributed by atoms with E-state index in [0.29, 0.717) is 23.8 Å². The van der Waals surface area contributed by atoms with Crippen LogP contribution in [0.25, 0.3) is 0 Å². The first kappa shape index (κ1) is 11.4. The highest BCUT2D eigenvalue weighted by molar-refractivity contribution is 9.09. The van der Waals surface area contributed by atoms with E-state index in [1.807, 2.05) is 0 Å². The van der Waals surface area contributed by atoms with Crippen molar-refractivity contribution < 1.29 is 4.79 Å². The van der Waals surface area contributed by atoms with Gasteiger partial charge in [0.1, 0.15) is 0 Å². The maximum absolute atomic E-state index is 12.3. The van der Waals surface area contributed by atoms with Crippen LogP contribution in [-0.4, -0.2) is 28.7 Å². The van der Waals surface area contributed by atoms with Gasteiger partial charge in [-0.3, -0.25) is 4.79 Å². The van der Waals surface area contributed by atoms with Gasteiger partial charge in [-0.25, -0.2) is 0 Å². The van der Waals surface area contributed by atoms with Gasteiger partial charge >= 0.3 is 0 Å². The number of carbonyl (C=O) groups excluding carboxylic acids is 1. The molecule has 2 fully saturated rings. The van der Waals surface area contributed by atoms with E-state index in [9.17, 15) is 4.79 Å². The van der Waals surface area contributed by atoms with Crippen LogP contribution in [0.1, 0.15) is 39.0 Å². The first-order chi connectivity index (χ1) is 7.24. The molecule has 3 heteroatoms. The Morgan fingerprint density at radius 2 is 2.00 bits per heavy atom. The Balaban J connectivity index is 2.00. The molecule has 2 aliphatic rings. The van der Waals surface area contributed by atoms with Crippen molar-refractivity contribution in [1.29, 1.82) is 0 Å². The molecule has 0 aromatic heterocycles. The number of halogens is 1. The minimum Gasteiger partial charge on any atom is -0.338 e. The Bertz CT molecular complexity index is 238. The van der Waals surface area contributed by atoms with Gasteiger partial charge in [-0.15, -0.1) is 0 Å². The second kappa shape index (κ2) is 4.86. The molecule has 1 saturated heterocycles. The summed E-state index contributed by atoms with van der Waals surface area (Å²) in [5, 5.41) is 0.937. The first-order valence-corrected chi connectivity index (χ1v) is 7.22. The summed E-state index contributed by atoms with van der Waals surface area (Å²) in [5.41, 5.74) is 0. The van der Waals surface area contributed by atoms with Crippen LogP contribution in [-0.2, 0) is 4.79 Å². The Morgan fingerprint density at radius 1 is 1.33 bits per heavy atom. The molecular weight excluding hydrogens is 254 g/mol. The Labute approximate surface area is 101 Å². The van der Waals surface area contributed by atoms with Gasteiger partial charge in [0.05, 0.1) is 0 Å². The topological polar surface area (TPSA) is 20.3 Å². The van der Waals surface area contributed by atoms with Crippen LogP contribution < -0.4 is 0 Å². The number of hydrogen-bond acceptors (Lipinski definition) is 1. The van der Waals surface area contributed by atoms with Crippen molar-refractivity contribution in [2.24, 2.45) is 11.8 Å². The third kappa shape index (κ3) is 2.22. The molecule has 1 saturated carbocycles. The van der Waals surface area contributed by atoms with Gasteiger partial charge in [0.15, 0.2) is 0 Å². The number of nitrogens with zero attached hydrogens (tertiary/aromatic N) is 1. The lowest BCUT2D eigenvalue weighted by Gasteiger charge is -2.27. The fourth-order valence-corrected chi connectivity index (χ4v) is 3.91. The Morgan fingerprint density at radius 3 is 2.60 bits per heavy atom. The summed E-state index contributed by atoms with van der Waals surface area (Å²) < 4.78 is 0. The number of likely N-dealkylation sites (tertiary alicyclic amines) is 1. The largest absolute Gasteiger partial charge is 0.338 e. The van der Waals surface area contributed by atoms with Gasteiger partial charge in [-0.05, 0) is 25.2 Å². The number of carbonyl (C=O) groups is 1. The Kier molecular flexibility index (Phi) is 3.70. The highest BCUT2D eigenvalue weighted by Gasteiger charge is 2.37. The van der Waals surface area contributed by atoms with Crippen molar-refractivity contribution in [3.05, 3.63) is 0 Å². The molecule has 0 aromatic carbocycles. The van der Waals surface area contributed by atoms with Crippen LogP contribution in [0.15, 0.2) is 0 Å². The smallest absolute Gasteiger partial charge is 0.225 e. The van der Waals surface area contributed by atoms with Crippen molar-refractivity contribution in [2.75, 3.05) is 11.9 Å². The summed E-state index contributed by atoms with van der Waals surface area (Å²) in [6.07, 6.45) is 5.92. The maximum Gasteiger partial charge on any atom is 0.225 e. The third-order valence-corrected chi connectivity index (χ3v) is 4.69. The molecule has 0 bridgehead atoms. The lowest BCUT2D eigenvalue weighted by Crippen LogP contribution is -2.41. The summed E-state index contributed by atoms with van der Waals surface area (Å²) in [4.78, 5) is 14.4. The zero-order valence-electron chi connectivity index (χ0n) is 9.42. The normalized spacial score (nSPS) is 32.5. The molecule has 1 aliphatic heterocycles. The molecule has 15 heavy (non-hydrogen) atoms. The quantitative estimate of drug-likeness (QED) is 0.709. The van der Waals surface area contributed by atoms with E-state index in [-0.39, 0.29) is 0 Å². The molecule has 0 spiro atoms. The van der Waals surface area contributed by atoms with Gasteiger partial charge in [0.25, 0.3) is 0 Å². The molecule has 86 valence electrons. The molecule has 1 amide bonds. The fraction of sp³-hybridized carbons (Fsp3) is 0.917. The Hall–Kier alpha value is -0.0500. The van der Waals surface area contributed by atoms with Crippen molar-refractivity contribution in [3.8, 4) is 0 Å². The standard InChI is InChI=1S/C12H20BrNO/c1-9-6-7-14(11(9)8-13)12(15)10-4-2-3-5-10/h9-11H,2-8H2,1H3. The summed E-state index contributed by atoms with van der Waals surface area (Å²) in [5.74, 6) is 1.44. The molecule has 0 aromatic rings. The number of rotatable bonds is 2. The van der Waals surface area contributed by atoms with Gasteiger partial charge < -0.3 is 4.90 Å². The van der Waals surface area contributed by atoms with Crippen LogP contribution in [0.4, 0.5) is 0 Å². The van der Waals surface area contributed by atoms with E-state index in [1.54, 1.807) is 0 Å². The van der Waals surface area contributed by atoms with Crippen molar-refractivity contribution in [3.63, 3.8) is 0 Å². The van der Waals surface area contributed by atoms with E-state index in [2.05, 4.69) is 27.8 Å². The van der Waals surface area contributed by atoms with Crippen LogP contribution >= 0.6 is 15.9 Å². The lowest BCUT2D eigenvalue weighted by molar-refractivity contribution is -0.136. The summed E-state index contributed by atoms with van der Waals surface area (Å²) >= 11 is 3.54. The van der Waals surface area contributed by atoms with Crippen LogP contribution in [0, 0.1) is 11.8 Å². The second-order valence-electron chi connectivity index (χ2n) is 5.00. The average molecular weight is 274 g/mol. The molecule has 2 rings (SSSR count). The SMILES string of the molecule is CC1CCN(C(=O)C2CCCC2)C1CBr. The van der Waals surface area contributed by atoms with Gasteiger partial charge in [0.2, 0.25) is 5.91 Å². The molecular formula is C12H20BrNO. The zero-order chi connectivity index (χ0) is 10.8. The van der Waals surface area contributed by atoms with E-state index >= 15 is 0 Å². The molecule has 1 aliphatic carbocycles. The molecule has 0 radical (unpaired) electrons. The number of alkyl halides is 1. The predicted molar refractivity (Wildman–Crippen MR) is 65.0 cm³/mol. The molecule has 2 nitrogen and oxygen atoms in total. The minimum absolute atomic E-state index is 0.344. The van der Waals surface area contributed by atoms with Gasteiger partial charge in [-0.2, -0.15) is 0 Å². The van der Waals surface area contributed by atoms with E-state index in [4.69, 9.17) is 0 Å². The number of hydrogen-bond donors (Lipinski definition) is 0. The van der Waals surface area contributed by atoms with Crippen LogP contribution in [0.3, 0.4) is 0 Å². The summed E-state index contributed by atoms with van der Waals surface area (Å²) in [7, 11) is 0. The van der Waals surface area contributed by atoms with E-state index in [1.165, 1.54) is 19.3 Å². The predicted octanol–water partition coefficient (Wildman–Crippen LogP) is 2.81. The van der Waals surface area contributed by atoms with E-state index in [0.717, 1.165) is 24.7 Å². The zero-order valence-corrected chi connectivity index (χ0v) is 11.0. The highest BCUT2D eigenvalue weighted by Crippen LogP contribution is 2.32. The summed E-state index contributed by atoms with van der Waals surface area (Å²) in [6, 6.07) is 0.443. The molecule has 2 unspecified atom stereocenters. The first-order valence-electron chi connectivity index (χ1n) is 6.10.